The lowest BCUT2D eigenvalue weighted by molar-refractivity contribution is -0.384. The van der Waals surface area contributed by atoms with Gasteiger partial charge in [0.25, 0.3) is 5.69 Å². The zero-order valence-corrected chi connectivity index (χ0v) is 15.3. The maximum atomic E-state index is 12.7. The number of carbonyl (C=O) groups is 1. The predicted molar refractivity (Wildman–Crippen MR) is 96.6 cm³/mol. The molecule has 1 heterocycles. The third kappa shape index (κ3) is 4.54. The van der Waals surface area contributed by atoms with Crippen molar-refractivity contribution < 1.29 is 14.5 Å². The third-order valence-electron chi connectivity index (χ3n) is 3.85. The van der Waals surface area contributed by atoms with Crippen molar-refractivity contribution in [3.8, 4) is 6.07 Å². The molecule has 1 atom stereocenters. The Morgan fingerprint density at radius 3 is 2.65 bits per heavy atom. The Balaban J connectivity index is 2.53. The van der Waals surface area contributed by atoms with Crippen LogP contribution in [0.1, 0.15) is 50.8 Å². The Morgan fingerprint density at radius 2 is 2.08 bits per heavy atom. The molecule has 0 saturated heterocycles. The summed E-state index contributed by atoms with van der Waals surface area (Å²) >= 11 is 0. The lowest BCUT2D eigenvalue weighted by Crippen LogP contribution is -2.28. The molecule has 1 aromatic carbocycles. The second kappa shape index (κ2) is 7.48. The number of aryl methyl sites for hydroxylation is 1. The molecule has 2 rings (SSSR count). The molecule has 7 nitrogen and oxygen atoms in total. The van der Waals surface area contributed by atoms with Crippen LogP contribution in [0.15, 0.2) is 24.3 Å². The van der Waals surface area contributed by atoms with E-state index in [1.165, 1.54) is 12.1 Å². The third-order valence-corrected chi connectivity index (χ3v) is 3.85. The first kappa shape index (κ1) is 19.3. The lowest BCUT2D eigenvalue weighted by atomic mass is 9.92. The minimum absolute atomic E-state index is 0.0417. The second-order valence-electron chi connectivity index (χ2n) is 7.08. The molecule has 0 spiro atoms. The van der Waals surface area contributed by atoms with Gasteiger partial charge in [-0.05, 0) is 51.8 Å². The highest BCUT2D eigenvalue weighted by molar-refractivity contribution is 5.85. The number of hydrogen-bond donors (Lipinski definition) is 0. The Morgan fingerprint density at radius 1 is 1.38 bits per heavy atom. The van der Waals surface area contributed by atoms with Gasteiger partial charge in [0.15, 0.2) is 0 Å². The van der Waals surface area contributed by atoms with E-state index in [1.807, 2.05) is 6.07 Å². The molecule has 0 N–H and O–H groups in total. The van der Waals surface area contributed by atoms with Crippen molar-refractivity contribution >= 4 is 22.6 Å². The van der Waals surface area contributed by atoms with E-state index in [2.05, 4.69) is 4.98 Å². The molecular weight excluding hydrogens is 334 g/mol. The number of pyridine rings is 1. The molecule has 0 bridgehead atoms. The highest BCUT2D eigenvalue weighted by atomic mass is 16.6. The first-order valence-electron chi connectivity index (χ1n) is 8.28. The average molecular weight is 355 g/mol. The second-order valence-corrected chi connectivity index (χ2v) is 7.08. The van der Waals surface area contributed by atoms with Crippen LogP contribution in [-0.4, -0.2) is 21.5 Å². The molecule has 7 heteroatoms. The molecular formula is C19H21N3O4. The van der Waals surface area contributed by atoms with Crippen molar-refractivity contribution in [3.63, 3.8) is 0 Å². The van der Waals surface area contributed by atoms with Gasteiger partial charge in [0.05, 0.1) is 22.4 Å². The normalized spacial score (nSPS) is 12.4. The topological polar surface area (TPSA) is 106 Å². The monoisotopic (exact) mass is 355 g/mol. The first-order valence-corrected chi connectivity index (χ1v) is 8.28. The van der Waals surface area contributed by atoms with Gasteiger partial charge >= 0.3 is 5.97 Å². The molecule has 0 aliphatic carbocycles. The molecule has 0 saturated carbocycles. The van der Waals surface area contributed by atoms with E-state index in [-0.39, 0.29) is 12.1 Å². The van der Waals surface area contributed by atoms with Crippen molar-refractivity contribution in [1.29, 1.82) is 5.26 Å². The van der Waals surface area contributed by atoms with Gasteiger partial charge in [-0.25, -0.2) is 0 Å². The van der Waals surface area contributed by atoms with Gasteiger partial charge in [0.1, 0.15) is 5.60 Å². The van der Waals surface area contributed by atoms with Gasteiger partial charge in [0, 0.05) is 29.6 Å². The number of nitro benzene ring substituents is 1. The van der Waals surface area contributed by atoms with E-state index >= 15 is 0 Å². The van der Waals surface area contributed by atoms with Crippen LogP contribution in [0, 0.1) is 28.4 Å². The number of rotatable bonds is 5. The number of carbonyl (C=O) groups excluding carboxylic acids is 1. The maximum Gasteiger partial charge on any atom is 0.314 e. The van der Waals surface area contributed by atoms with E-state index in [0.29, 0.717) is 28.6 Å². The maximum absolute atomic E-state index is 12.7. The van der Waals surface area contributed by atoms with Gasteiger partial charge in [-0.3, -0.25) is 19.9 Å². The molecule has 1 unspecified atom stereocenters. The zero-order valence-electron chi connectivity index (χ0n) is 15.3. The summed E-state index contributed by atoms with van der Waals surface area (Å²) in [6.07, 6.45) is 0.491. The number of ether oxygens (including phenoxy) is 1. The number of aromatic nitrogens is 1. The number of nitrogens with zero attached hydrogens (tertiary/aromatic N) is 3. The van der Waals surface area contributed by atoms with Gasteiger partial charge in [-0.2, -0.15) is 5.26 Å². The van der Waals surface area contributed by atoms with E-state index in [1.54, 1.807) is 39.8 Å². The SMILES string of the molecule is Cc1nc2ccc([N+](=O)[O-])cc2cc1C(CCC#N)C(=O)OC(C)(C)C. The van der Waals surface area contributed by atoms with Crippen molar-refractivity contribution in [2.24, 2.45) is 0 Å². The number of non-ortho nitro benzene ring substituents is 1. The van der Waals surface area contributed by atoms with Crippen LogP contribution in [0.25, 0.3) is 10.9 Å². The highest BCUT2D eigenvalue weighted by Crippen LogP contribution is 2.30. The molecule has 0 amide bonds. The smallest absolute Gasteiger partial charge is 0.314 e. The standard InChI is InChI=1S/C19H21N3O4/c1-12-16(15(6-5-9-20)18(23)26-19(2,3)4)11-13-10-14(22(24)25)7-8-17(13)21-12/h7-8,10-11,15H,5-6H2,1-4H3. The van der Waals surface area contributed by atoms with Crippen LogP contribution >= 0.6 is 0 Å². The first-order chi connectivity index (χ1) is 12.1. The van der Waals surface area contributed by atoms with E-state index < -0.39 is 22.4 Å². The van der Waals surface area contributed by atoms with Crippen molar-refractivity contribution in [2.75, 3.05) is 0 Å². The summed E-state index contributed by atoms with van der Waals surface area (Å²) in [6.45, 7) is 7.11. The molecule has 0 aliphatic rings. The summed E-state index contributed by atoms with van der Waals surface area (Å²) in [4.78, 5) is 27.7. The predicted octanol–water partition coefficient (Wildman–Crippen LogP) is 4.18. The van der Waals surface area contributed by atoms with Crippen LogP contribution < -0.4 is 0 Å². The summed E-state index contributed by atoms with van der Waals surface area (Å²) in [5.74, 6) is -1.08. The van der Waals surface area contributed by atoms with Gasteiger partial charge in [-0.1, -0.05) is 0 Å². The number of nitriles is 1. The summed E-state index contributed by atoms with van der Waals surface area (Å²) in [5, 5.41) is 20.5. The number of esters is 1. The summed E-state index contributed by atoms with van der Waals surface area (Å²) in [5.41, 5.74) is 1.18. The fourth-order valence-corrected chi connectivity index (χ4v) is 2.72. The van der Waals surface area contributed by atoms with Crippen molar-refractivity contribution in [3.05, 3.63) is 45.6 Å². The number of benzene rings is 1. The molecule has 26 heavy (non-hydrogen) atoms. The van der Waals surface area contributed by atoms with Crippen molar-refractivity contribution in [1.82, 2.24) is 4.98 Å². The Kier molecular flexibility index (Phi) is 5.56. The van der Waals surface area contributed by atoms with Crippen LogP contribution in [0.5, 0.6) is 0 Å². The Labute approximate surface area is 151 Å². The molecule has 0 fully saturated rings. The van der Waals surface area contributed by atoms with Gasteiger partial charge in [0.2, 0.25) is 0 Å². The summed E-state index contributed by atoms with van der Waals surface area (Å²) in [7, 11) is 0. The zero-order chi connectivity index (χ0) is 19.5. The van der Waals surface area contributed by atoms with Crippen LogP contribution in [-0.2, 0) is 9.53 Å². The Hall–Kier alpha value is -3.01. The number of nitro groups is 1. The van der Waals surface area contributed by atoms with Gasteiger partial charge in [-0.15, -0.1) is 0 Å². The quantitative estimate of drug-likeness (QED) is 0.452. The molecule has 2 aromatic rings. The van der Waals surface area contributed by atoms with E-state index in [0.717, 1.165) is 0 Å². The Bertz CT molecular complexity index is 894. The highest BCUT2D eigenvalue weighted by Gasteiger charge is 2.28. The van der Waals surface area contributed by atoms with Gasteiger partial charge < -0.3 is 4.74 Å². The largest absolute Gasteiger partial charge is 0.459 e. The number of hydrogen-bond acceptors (Lipinski definition) is 6. The summed E-state index contributed by atoms with van der Waals surface area (Å²) in [6, 6.07) is 8.20. The van der Waals surface area contributed by atoms with Crippen LogP contribution in [0.2, 0.25) is 0 Å². The van der Waals surface area contributed by atoms with Crippen LogP contribution in [0.4, 0.5) is 5.69 Å². The fourth-order valence-electron chi connectivity index (χ4n) is 2.72. The van der Waals surface area contributed by atoms with Crippen molar-refractivity contribution in [2.45, 2.75) is 52.1 Å². The number of fused-ring (bicyclic) bond motifs is 1. The van der Waals surface area contributed by atoms with E-state index in [4.69, 9.17) is 10.00 Å². The van der Waals surface area contributed by atoms with E-state index in [9.17, 15) is 14.9 Å². The van der Waals surface area contributed by atoms with Crippen LogP contribution in [0.3, 0.4) is 0 Å². The molecule has 0 radical (unpaired) electrons. The molecule has 0 aliphatic heterocycles. The summed E-state index contributed by atoms with van der Waals surface area (Å²) < 4.78 is 5.50. The minimum Gasteiger partial charge on any atom is -0.459 e. The lowest BCUT2D eigenvalue weighted by Gasteiger charge is -2.24. The fraction of sp³-hybridized carbons (Fsp3) is 0.421. The average Bonchev–Trinajstić information content (AvgIpc) is 2.53. The molecule has 1 aromatic heterocycles. The molecule has 136 valence electrons. The minimum atomic E-state index is -0.654.